The highest BCUT2D eigenvalue weighted by molar-refractivity contribution is 5.58. The SMILES string of the molecule is Cc1ccc2c3c1O[C@H]1[C@@H](O)C=C[C@H]4[C@H](CCC[C@@]341)C2. The molecule has 0 amide bonds. The molecule has 4 aliphatic rings. The van der Waals surface area contributed by atoms with Crippen LogP contribution in [0.25, 0.3) is 0 Å². The van der Waals surface area contributed by atoms with E-state index in [9.17, 15) is 5.11 Å². The average molecular weight is 268 g/mol. The van der Waals surface area contributed by atoms with E-state index in [1.165, 1.54) is 42.4 Å². The summed E-state index contributed by atoms with van der Waals surface area (Å²) in [5, 5.41) is 10.5. The molecule has 5 atom stereocenters. The van der Waals surface area contributed by atoms with Crippen molar-refractivity contribution in [1.82, 2.24) is 0 Å². The summed E-state index contributed by atoms with van der Waals surface area (Å²) in [6, 6.07) is 4.50. The molecule has 3 aliphatic carbocycles. The molecule has 1 saturated carbocycles. The molecule has 5 rings (SSSR count). The Hall–Kier alpha value is -1.28. The maximum Gasteiger partial charge on any atom is 0.138 e. The standard InChI is InChI=1S/C18H20O2/c1-10-4-5-12-9-11-3-2-8-18-13(11)6-7-14(19)17(18)20-16(10)15(12)18/h4-7,11,13-14,17,19H,2-3,8-9H2,1H3/t11-,13+,14+,17+,18+/m1/s1. The monoisotopic (exact) mass is 268 g/mol. The van der Waals surface area contributed by atoms with Crippen LogP contribution in [0.2, 0.25) is 0 Å². The highest BCUT2D eigenvalue weighted by Crippen LogP contribution is 2.63. The van der Waals surface area contributed by atoms with Crippen LogP contribution in [0.4, 0.5) is 0 Å². The number of hydrogen-bond acceptors (Lipinski definition) is 2. The van der Waals surface area contributed by atoms with Crippen LogP contribution < -0.4 is 4.74 Å². The average Bonchev–Trinajstić information content (AvgIpc) is 2.78. The number of aliphatic hydroxyl groups excluding tert-OH is 1. The third-order valence-electron chi connectivity index (χ3n) is 6.23. The fourth-order valence-electron chi connectivity index (χ4n) is 5.53. The number of aryl methyl sites for hydroxylation is 1. The molecule has 1 aromatic carbocycles. The van der Waals surface area contributed by atoms with Gasteiger partial charge in [-0.2, -0.15) is 0 Å². The Morgan fingerprint density at radius 3 is 3.10 bits per heavy atom. The van der Waals surface area contributed by atoms with Crippen molar-refractivity contribution in [2.75, 3.05) is 0 Å². The molecule has 1 N–H and O–H groups in total. The van der Waals surface area contributed by atoms with Gasteiger partial charge in [0.05, 0.1) is 0 Å². The Kier molecular flexibility index (Phi) is 1.98. The normalized spacial score (nSPS) is 43.1. The minimum absolute atomic E-state index is 0.0598. The molecule has 104 valence electrons. The molecule has 2 nitrogen and oxygen atoms in total. The van der Waals surface area contributed by atoms with E-state index >= 15 is 0 Å². The minimum Gasteiger partial charge on any atom is -0.486 e. The van der Waals surface area contributed by atoms with Gasteiger partial charge in [-0.05, 0) is 49.1 Å². The van der Waals surface area contributed by atoms with Crippen molar-refractivity contribution in [1.29, 1.82) is 0 Å². The van der Waals surface area contributed by atoms with Gasteiger partial charge in [-0.1, -0.05) is 30.7 Å². The van der Waals surface area contributed by atoms with Crippen LogP contribution in [0.1, 0.15) is 36.0 Å². The molecule has 1 fully saturated rings. The Morgan fingerprint density at radius 2 is 2.20 bits per heavy atom. The third-order valence-corrected chi connectivity index (χ3v) is 6.23. The molecule has 0 aromatic heterocycles. The Balaban J connectivity index is 1.86. The van der Waals surface area contributed by atoms with E-state index in [0.717, 1.165) is 11.7 Å². The second-order valence-corrected chi connectivity index (χ2v) is 7.08. The van der Waals surface area contributed by atoms with Crippen molar-refractivity contribution < 1.29 is 9.84 Å². The van der Waals surface area contributed by atoms with Crippen LogP contribution in [0.15, 0.2) is 24.3 Å². The maximum atomic E-state index is 10.5. The number of rotatable bonds is 0. The van der Waals surface area contributed by atoms with Gasteiger partial charge in [-0.15, -0.1) is 0 Å². The van der Waals surface area contributed by atoms with Crippen molar-refractivity contribution in [2.24, 2.45) is 11.8 Å². The first-order valence-electron chi connectivity index (χ1n) is 7.88. The van der Waals surface area contributed by atoms with Crippen LogP contribution in [0.3, 0.4) is 0 Å². The van der Waals surface area contributed by atoms with Gasteiger partial charge in [0.2, 0.25) is 0 Å². The van der Waals surface area contributed by atoms with E-state index in [0.29, 0.717) is 5.92 Å². The summed E-state index contributed by atoms with van der Waals surface area (Å²) in [5.74, 6) is 2.39. The predicted molar refractivity (Wildman–Crippen MR) is 77.0 cm³/mol. The second kappa shape index (κ2) is 3.48. The molecular formula is C18H20O2. The van der Waals surface area contributed by atoms with Gasteiger partial charge in [0.25, 0.3) is 0 Å². The number of aliphatic hydroxyl groups is 1. The van der Waals surface area contributed by atoms with Crippen LogP contribution in [0, 0.1) is 18.8 Å². The van der Waals surface area contributed by atoms with Crippen molar-refractivity contribution in [3.63, 3.8) is 0 Å². The Bertz CT molecular complexity index is 633. The summed E-state index contributed by atoms with van der Waals surface area (Å²) in [6.07, 6.45) is 8.72. The van der Waals surface area contributed by atoms with Crippen LogP contribution in [0.5, 0.6) is 5.75 Å². The van der Waals surface area contributed by atoms with E-state index in [-0.39, 0.29) is 11.5 Å². The number of benzene rings is 1. The van der Waals surface area contributed by atoms with Crippen molar-refractivity contribution in [2.45, 2.75) is 50.2 Å². The fourth-order valence-corrected chi connectivity index (χ4v) is 5.53. The van der Waals surface area contributed by atoms with Crippen LogP contribution in [-0.4, -0.2) is 17.3 Å². The highest BCUT2D eigenvalue weighted by atomic mass is 16.5. The smallest absolute Gasteiger partial charge is 0.138 e. The molecule has 0 saturated heterocycles. The van der Waals surface area contributed by atoms with E-state index in [4.69, 9.17) is 4.74 Å². The molecule has 1 aliphatic heterocycles. The maximum absolute atomic E-state index is 10.5. The molecule has 2 bridgehead atoms. The van der Waals surface area contributed by atoms with Crippen molar-refractivity contribution in [3.05, 3.63) is 41.0 Å². The first-order chi connectivity index (χ1) is 9.72. The highest BCUT2D eigenvalue weighted by Gasteiger charge is 2.62. The number of ether oxygens (including phenoxy) is 1. The summed E-state index contributed by atoms with van der Waals surface area (Å²) < 4.78 is 6.32. The lowest BCUT2D eigenvalue weighted by atomic mass is 9.50. The number of allylic oxidation sites excluding steroid dienone is 1. The second-order valence-electron chi connectivity index (χ2n) is 7.08. The molecule has 20 heavy (non-hydrogen) atoms. The van der Waals surface area contributed by atoms with Gasteiger partial charge in [0.15, 0.2) is 0 Å². The summed E-state index contributed by atoms with van der Waals surface area (Å²) in [4.78, 5) is 0. The van der Waals surface area contributed by atoms with Crippen LogP contribution >= 0.6 is 0 Å². The topological polar surface area (TPSA) is 29.5 Å². The van der Waals surface area contributed by atoms with Gasteiger partial charge >= 0.3 is 0 Å². The summed E-state index contributed by atoms with van der Waals surface area (Å²) in [5.41, 5.74) is 4.22. The zero-order valence-corrected chi connectivity index (χ0v) is 11.8. The summed E-state index contributed by atoms with van der Waals surface area (Å²) >= 11 is 0. The van der Waals surface area contributed by atoms with Gasteiger partial charge in [-0.25, -0.2) is 0 Å². The van der Waals surface area contributed by atoms with Gasteiger partial charge in [0, 0.05) is 11.0 Å². The molecule has 1 heterocycles. The lowest BCUT2D eigenvalue weighted by Gasteiger charge is -2.53. The first-order valence-corrected chi connectivity index (χ1v) is 7.88. The quantitative estimate of drug-likeness (QED) is 0.733. The Morgan fingerprint density at radius 1 is 1.30 bits per heavy atom. The van der Waals surface area contributed by atoms with Crippen molar-refractivity contribution in [3.8, 4) is 5.75 Å². The number of hydrogen-bond donors (Lipinski definition) is 1. The van der Waals surface area contributed by atoms with Gasteiger partial charge < -0.3 is 9.84 Å². The Labute approximate surface area is 119 Å². The summed E-state index contributed by atoms with van der Waals surface area (Å²) in [6.45, 7) is 2.13. The minimum atomic E-state index is -0.456. The van der Waals surface area contributed by atoms with E-state index in [2.05, 4.69) is 25.1 Å². The third kappa shape index (κ3) is 1.08. The van der Waals surface area contributed by atoms with Crippen LogP contribution in [-0.2, 0) is 11.8 Å². The van der Waals surface area contributed by atoms with Gasteiger partial charge in [0.1, 0.15) is 18.0 Å². The lowest BCUT2D eigenvalue weighted by Crippen LogP contribution is -2.57. The van der Waals surface area contributed by atoms with E-state index in [1.807, 2.05) is 6.08 Å². The van der Waals surface area contributed by atoms with Crippen molar-refractivity contribution >= 4 is 0 Å². The van der Waals surface area contributed by atoms with E-state index in [1.54, 1.807) is 0 Å². The largest absolute Gasteiger partial charge is 0.486 e. The van der Waals surface area contributed by atoms with E-state index < -0.39 is 6.10 Å². The molecule has 1 spiro atoms. The fraction of sp³-hybridized carbons (Fsp3) is 0.556. The lowest BCUT2D eigenvalue weighted by molar-refractivity contribution is -0.0269. The molecule has 0 radical (unpaired) electrons. The molecule has 1 aromatic rings. The zero-order chi connectivity index (χ0) is 13.5. The zero-order valence-electron chi connectivity index (χ0n) is 11.8. The predicted octanol–water partition coefficient (Wildman–Crippen LogP) is 2.90. The first kappa shape index (κ1) is 11.4. The summed E-state index contributed by atoms with van der Waals surface area (Å²) in [7, 11) is 0. The molecule has 2 heteroatoms. The molecule has 0 unspecified atom stereocenters. The molecular weight excluding hydrogens is 248 g/mol. The van der Waals surface area contributed by atoms with Gasteiger partial charge in [-0.3, -0.25) is 0 Å².